The molecule has 1 aromatic carbocycles. The van der Waals surface area contributed by atoms with Gasteiger partial charge in [-0.15, -0.1) is 0 Å². The van der Waals surface area contributed by atoms with E-state index in [0.29, 0.717) is 29.6 Å². The monoisotopic (exact) mass is 294 g/mol. The van der Waals surface area contributed by atoms with Crippen molar-refractivity contribution in [2.75, 3.05) is 24.8 Å². The van der Waals surface area contributed by atoms with Crippen molar-refractivity contribution >= 4 is 17.3 Å². The second-order valence-electron chi connectivity index (χ2n) is 5.50. The highest BCUT2D eigenvalue weighted by Gasteiger charge is 2.15. The lowest BCUT2D eigenvalue weighted by atomic mass is 10.1. The molecule has 0 fully saturated rings. The van der Waals surface area contributed by atoms with Crippen LogP contribution in [0.3, 0.4) is 0 Å². The number of carbonyl (C=O) groups is 1. The number of anilines is 2. The summed E-state index contributed by atoms with van der Waals surface area (Å²) >= 11 is 0. The molecule has 118 valence electrons. The summed E-state index contributed by atoms with van der Waals surface area (Å²) in [6.07, 6.45) is 1.54. The Morgan fingerprint density at radius 1 is 1.33 bits per heavy atom. The van der Waals surface area contributed by atoms with Crippen LogP contribution in [0.25, 0.3) is 0 Å². The third kappa shape index (κ3) is 6.04. The van der Waals surface area contributed by atoms with Crippen LogP contribution in [0.4, 0.5) is 11.4 Å². The molecule has 1 atom stereocenters. The summed E-state index contributed by atoms with van der Waals surface area (Å²) < 4.78 is 10.7. The molecule has 5 heteroatoms. The first-order chi connectivity index (χ1) is 9.93. The normalized spacial score (nSPS) is 12.2. The standard InChI is InChI=1S/C16H26N2O3/c1-11(2)6-5-9-21-12(3)16(19)18-14-10-13(17)7-8-15(14)20-4/h7-8,10-12H,5-6,9,17H2,1-4H3,(H,18,19). The Morgan fingerprint density at radius 2 is 2.05 bits per heavy atom. The Kier molecular flexibility index (Phi) is 7.02. The van der Waals surface area contributed by atoms with Gasteiger partial charge in [-0.2, -0.15) is 0 Å². The summed E-state index contributed by atoms with van der Waals surface area (Å²) in [5.74, 6) is 1.02. The molecular formula is C16H26N2O3. The fourth-order valence-electron chi connectivity index (χ4n) is 1.89. The van der Waals surface area contributed by atoms with E-state index in [1.165, 1.54) is 0 Å². The van der Waals surface area contributed by atoms with Gasteiger partial charge in [0.05, 0.1) is 12.8 Å². The SMILES string of the molecule is COc1ccc(N)cc1NC(=O)C(C)OCCCC(C)C. The van der Waals surface area contributed by atoms with E-state index in [1.54, 1.807) is 32.2 Å². The van der Waals surface area contributed by atoms with Gasteiger partial charge in [-0.3, -0.25) is 4.79 Å². The zero-order valence-corrected chi connectivity index (χ0v) is 13.3. The van der Waals surface area contributed by atoms with E-state index in [-0.39, 0.29) is 5.91 Å². The third-order valence-electron chi connectivity index (χ3n) is 3.14. The molecule has 0 saturated carbocycles. The first kappa shape index (κ1) is 17.3. The first-order valence-electron chi connectivity index (χ1n) is 7.30. The van der Waals surface area contributed by atoms with Gasteiger partial charge in [0.2, 0.25) is 0 Å². The molecular weight excluding hydrogens is 268 g/mol. The number of rotatable bonds is 8. The first-order valence-corrected chi connectivity index (χ1v) is 7.30. The molecule has 1 unspecified atom stereocenters. The number of benzene rings is 1. The summed E-state index contributed by atoms with van der Waals surface area (Å²) in [6, 6.07) is 5.11. The van der Waals surface area contributed by atoms with Gasteiger partial charge in [0.1, 0.15) is 11.9 Å². The second kappa shape index (κ2) is 8.52. The van der Waals surface area contributed by atoms with Crippen LogP contribution in [0.5, 0.6) is 5.75 Å². The Labute approximate surface area is 126 Å². The maximum atomic E-state index is 12.1. The van der Waals surface area contributed by atoms with E-state index in [9.17, 15) is 4.79 Å². The number of ether oxygens (including phenoxy) is 2. The van der Waals surface area contributed by atoms with Gasteiger partial charge in [0.15, 0.2) is 0 Å². The average molecular weight is 294 g/mol. The number of hydrogen-bond donors (Lipinski definition) is 2. The van der Waals surface area contributed by atoms with Gasteiger partial charge >= 0.3 is 0 Å². The van der Waals surface area contributed by atoms with Crippen molar-refractivity contribution in [3.63, 3.8) is 0 Å². The van der Waals surface area contributed by atoms with Gasteiger partial charge in [0, 0.05) is 12.3 Å². The topological polar surface area (TPSA) is 73.6 Å². The van der Waals surface area contributed by atoms with E-state index in [4.69, 9.17) is 15.2 Å². The third-order valence-corrected chi connectivity index (χ3v) is 3.14. The highest BCUT2D eigenvalue weighted by atomic mass is 16.5. The minimum atomic E-state index is -0.511. The molecule has 0 radical (unpaired) electrons. The summed E-state index contributed by atoms with van der Waals surface area (Å²) in [7, 11) is 1.55. The molecule has 3 N–H and O–H groups in total. The fourth-order valence-corrected chi connectivity index (χ4v) is 1.89. The van der Waals surface area contributed by atoms with Gasteiger partial charge < -0.3 is 20.5 Å². The van der Waals surface area contributed by atoms with Crippen LogP contribution in [0.1, 0.15) is 33.6 Å². The molecule has 0 saturated heterocycles. The summed E-state index contributed by atoms with van der Waals surface area (Å²) in [5.41, 5.74) is 6.84. The number of amides is 1. The summed E-state index contributed by atoms with van der Waals surface area (Å²) in [5, 5.41) is 2.78. The van der Waals surface area contributed by atoms with Crippen LogP contribution in [-0.2, 0) is 9.53 Å². The number of carbonyl (C=O) groups excluding carboxylic acids is 1. The van der Waals surface area contributed by atoms with Crippen molar-refractivity contribution in [3.05, 3.63) is 18.2 Å². The number of nitrogens with two attached hydrogens (primary N) is 1. The molecule has 0 spiro atoms. The molecule has 1 amide bonds. The zero-order chi connectivity index (χ0) is 15.8. The number of hydrogen-bond acceptors (Lipinski definition) is 4. The minimum absolute atomic E-state index is 0.205. The van der Waals surface area contributed by atoms with Crippen LogP contribution in [0, 0.1) is 5.92 Å². The molecule has 5 nitrogen and oxygen atoms in total. The number of nitrogens with one attached hydrogen (secondary N) is 1. The van der Waals surface area contributed by atoms with Crippen molar-refractivity contribution in [3.8, 4) is 5.75 Å². The summed E-state index contributed by atoms with van der Waals surface area (Å²) in [6.45, 7) is 6.66. The second-order valence-corrected chi connectivity index (χ2v) is 5.50. The molecule has 21 heavy (non-hydrogen) atoms. The molecule has 0 aliphatic heterocycles. The Balaban J connectivity index is 2.50. The van der Waals surface area contributed by atoms with Crippen LogP contribution in [-0.4, -0.2) is 25.7 Å². The zero-order valence-electron chi connectivity index (χ0n) is 13.3. The number of methoxy groups -OCH3 is 1. The molecule has 0 bridgehead atoms. The maximum absolute atomic E-state index is 12.1. The van der Waals surface area contributed by atoms with E-state index in [1.807, 2.05) is 0 Å². The number of nitrogen functional groups attached to an aromatic ring is 1. The van der Waals surface area contributed by atoms with E-state index in [0.717, 1.165) is 12.8 Å². The average Bonchev–Trinajstić information content (AvgIpc) is 2.43. The van der Waals surface area contributed by atoms with Gasteiger partial charge in [0.25, 0.3) is 5.91 Å². The Hall–Kier alpha value is -1.75. The molecule has 0 aromatic heterocycles. The van der Waals surface area contributed by atoms with Crippen molar-refractivity contribution < 1.29 is 14.3 Å². The van der Waals surface area contributed by atoms with Crippen molar-refractivity contribution in [2.45, 2.75) is 39.7 Å². The molecule has 0 heterocycles. The molecule has 0 aliphatic rings. The Morgan fingerprint density at radius 3 is 2.67 bits per heavy atom. The Bertz CT molecular complexity index is 461. The van der Waals surface area contributed by atoms with E-state index in [2.05, 4.69) is 19.2 Å². The van der Waals surface area contributed by atoms with Gasteiger partial charge in [-0.25, -0.2) is 0 Å². The van der Waals surface area contributed by atoms with Crippen molar-refractivity contribution in [1.29, 1.82) is 0 Å². The highest BCUT2D eigenvalue weighted by molar-refractivity contribution is 5.95. The van der Waals surface area contributed by atoms with E-state index >= 15 is 0 Å². The van der Waals surface area contributed by atoms with Gasteiger partial charge in [-0.05, 0) is 43.9 Å². The summed E-state index contributed by atoms with van der Waals surface area (Å²) in [4.78, 5) is 12.1. The van der Waals surface area contributed by atoms with Crippen LogP contribution in [0.15, 0.2) is 18.2 Å². The highest BCUT2D eigenvalue weighted by Crippen LogP contribution is 2.26. The minimum Gasteiger partial charge on any atom is -0.495 e. The van der Waals surface area contributed by atoms with Crippen LogP contribution in [0.2, 0.25) is 0 Å². The fraction of sp³-hybridized carbons (Fsp3) is 0.562. The molecule has 1 rings (SSSR count). The lowest BCUT2D eigenvalue weighted by Gasteiger charge is -2.15. The lowest BCUT2D eigenvalue weighted by Crippen LogP contribution is -2.28. The van der Waals surface area contributed by atoms with Crippen molar-refractivity contribution in [1.82, 2.24) is 0 Å². The largest absolute Gasteiger partial charge is 0.495 e. The van der Waals surface area contributed by atoms with Gasteiger partial charge in [-0.1, -0.05) is 13.8 Å². The van der Waals surface area contributed by atoms with Crippen LogP contribution >= 0.6 is 0 Å². The molecule has 0 aliphatic carbocycles. The molecule has 1 aromatic rings. The quantitative estimate of drug-likeness (QED) is 0.571. The smallest absolute Gasteiger partial charge is 0.253 e. The predicted octanol–water partition coefficient (Wildman–Crippen LogP) is 3.06. The maximum Gasteiger partial charge on any atom is 0.253 e. The van der Waals surface area contributed by atoms with Crippen LogP contribution < -0.4 is 15.8 Å². The van der Waals surface area contributed by atoms with E-state index < -0.39 is 6.10 Å². The lowest BCUT2D eigenvalue weighted by molar-refractivity contribution is -0.126. The predicted molar refractivity (Wildman–Crippen MR) is 85.5 cm³/mol. The van der Waals surface area contributed by atoms with Crippen molar-refractivity contribution in [2.24, 2.45) is 5.92 Å².